The molecule has 3 heteroatoms. The molecular weight excluding hydrogens is 214 g/mol. The zero-order valence-electron chi connectivity index (χ0n) is 10.6. The van der Waals surface area contributed by atoms with Gasteiger partial charge in [0.05, 0.1) is 12.3 Å². The van der Waals surface area contributed by atoms with E-state index in [-0.39, 0.29) is 6.29 Å². The average molecular weight is 235 g/mol. The van der Waals surface area contributed by atoms with Crippen LogP contribution in [0.2, 0.25) is 0 Å². The van der Waals surface area contributed by atoms with Gasteiger partial charge in [-0.3, -0.25) is 0 Å². The Kier molecular flexibility index (Phi) is 4.26. The average Bonchev–Trinajstić information content (AvgIpc) is 2.32. The van der Waals surface area contributed by atoms with E-state index >= 15 is 0 Å². The summed E-state index contributed by atoms with van der Waals surface area (Å²) >= 11 is 0. The van der Waals surface area contributed by atoms with Crippen LogP contribution in [0.15, 0.2) is 24.3 Å². The first-order chi connectivity index (χ1) is 8.25. The van der Waals surface area contributed by atoms with E-state index in [0.717, 1.165) is 30.9 Å². The fourth-order valence-electron chi connectivity index (χ4n) is 1.95. The van der Waals surface area contributed by atoms with Crippen LogP contribution in [0.3, 0.4) is 0 Å². The summed E-state index contributed by atoms with van der Waals surface area (Å²) in [7, 11) is 0. The lowest BCUT2D eigenvalue weighted by molar-refractivity contribution is -0.105. The van der Waals surface area contributed by atoms with Crippen LogP contribution >= 0.6 is 0 Å². The van der Waals surface area contributed by atoms with Gasteiger partial charge in [0, 0.05) is 12.5 Å². The number of nitrogens with one attached hydrogen (secondary N) is 1. The van der Waals surface area contributed by atoms with Gasteiger partial charge in [-0.25, -0.2) is 0 Å². The quantitative estimate of drug-likeness (QED) is 0.867. The zero-order valence-corrected chi connectivity index (χ0v) is 10.6. The first-order valence-electron chi connectivity index (χ1n) is 6.39. The highest BCUT2D eigenvalue weighted by atomic mass is 16.7. The molecule has 1 N–H and O–H groups in total. The van der Waals surface area contributed by atoms with Crippen LogP contribution in [0.1, 0.15) is 33.1 Å². The molecule has 0 spiro atoms. The molecule has 1 saturated heterocycles. The Balaban J connectivity index is 2.03. The van der Waals surface area contributed by atoms with Crippen molar-refractivity contribution in [2.24, 2.45) is 0 Å². The molecule has 1 aromatic carbocycles. The molecule has 0 aromatic heterocycles. The highest BCUT2D eigenvalue weighted by molar-refractivity contribution is 5.56. The third kappa shape index (κ3) is 3.63. The monoisotopic (exact) mass is 235 g/mol. The molecule has 0 saturated carbocycles. The van der Waals surface area contributed by atoms with Gasteiger partial charge in [0.15, 0.2) is 6.29 Å². The smallest absolute Gasteiger partial charge is 0.199 e. The Morgan fingerprint density at radius 1 is 1.29 bits per heavy atom. The second-order valence-corrected chi connectivity index (χ2v) is 4.71. The Morgan fingerprint density at radius 2 is 2.12 bits per heavy atom. The first-order valence-corrected chi connectivity index (χ1v) is 6.39. The van der Waals surface area contributed by atoms with Crippen LogP contribution in [-0.4, -0.2) is 18.9 Å². The van der Waals surface area contributed by atoms with Gasteiger partial charge in [0.2, 0.25) is 0 Å². The second-order valence-electron chi connectivity index (χ2n) is 4.71. The maximum Gasteiger partial charge on any atom is 0.199 e. The molecule has 0 aliphatic carbocycles. The van der Waals surface area contributed by atoms with Crippen molar-refractivity contribution in [3.05, 3.63) is 24.3 Å². The van der Waals surface area contributed by atoms with Gasteiger partial charge in [-0.05, 0) is 38.8 Å². The van der Waals surface area contributed by atoms with Gasteiger partial charge < -0.3 is 14.8 Å². The minimum Gasteiger partial charge on any atom is -0.463 e. The van der Waals surface area contributed by atoms with Crippen molar-refractivity contribution in [3.8, 4) is 5.75 Å². The predicted octanol–water partition coefficient (Wildman–Crippen LogP) is 3.41. The van der Waals surface area contributed by atoms with Crippen molar-refractivity contribution in [1.29, 1.82) is 0 Å². The van der Waals surface area contributed by atoms with E-state index in [1.807, 2.05) is 24.3 Å². The minimum atomic E-state index is -0.0844. The summed E-state index contributed by atoms with van der Waals surface area (Å²) in [4.78, 5) is 0. The van der Waals surface area contributed by atoms with E-state index in [9.17, 15) is 0 Å². The number of anilines is 1. The lowest BCUT2D eigenvalue weighted by atomic mass is 10.2. The van der Waals surface area contributed by atoms with E-state index < -0.39 is 0 Å². The summed E-state index contributed by atoms with van der Waals surface area (Å²) in [6.07, 6.45) is 3.23. The lowest BCUT2D eigenvalue weighted by Gasteiger charge is -2.25. The van der Waals surface area contributed by atoms with Crippen LogP contribution in [0.25, 0.3) is 0 Å². The third-order valence-electron chi connectivity index (χ3n) is 2.73. The minimum absolute atomic E-state index is 0.0844. The van der Waals surface area contributed by atoms with Crippen LogP contribution in [0.5, 0.6) is 5.75 Å². The Labute approximate surface area is 103 Å². The fraction of sp³-hybridized carbons (Fsp3) is 0.571. The van der Waals surface area contributed by atoms with E-state index in [1.54, 1.807) is 0 Å². The van der Waals surface area contributed by atoms with Gasteiger partial charge in [-0.2, -0.15) is 0 Å². The molecule has 1 atom stereocenters. The van der Waals surface area contributed by atoms with Gasteiger partial charge in [0.25, 0.3) is 0 Å². The molecule has 1 aliphatic heterocycles. The van der Waals surface area contributed by atoms with Crippen molar-refractivity contribution in [2.75, 3.05) is 11.9 Å². The third-order valence-corrected chi connectivity index (χ3v) is 2.73. The van der Waals surface area contributed by atoms with Gasteiger partial charge in [0.1, 0.15) is 5.75 Å². The molecule has 94 valence electrons. The van der Waals surface area contributed by atoms with Crippen LogP contribution in [-0.2, 0) is 4.74 Å². The van der Waals surface area contributed by atoms with Crippen molar-refractivity contribution in [1.82, 2.24) is 0 Å². The van der Waals surface area contributed by atoms with Gasteiger partial charge in [-0.15, -0.1) is 0 Å². The summed E-state index contributed by atoms with van der Waals surface area (Å²) in [6, 6.07) is 8.43. The largest absolute Gasteiger partial charge is 0.463 e. The number of rotatable bonds is 4. The molecule has 1 aliphatic rings. The molecule has 1 unspecified atom stereocenters. The van der Waals surface area contributed by atoms with Crippen molar-refractivity contribution >= 4 is 5.69 Å². The SMILES string of the molecule is CC(C)Nc1ccccc1OC1CCCCO1. The molecule has 1 heterocycles. The van der Waals surface area contributed by atoms with Gasteiger partial charge >= 0.3 is 0 Å². The van der Waals surface area contributed by atoms with Crippen LogP contribution in [0.4, 0.5) is 5.69 Å². The number of para-hydroxylation sites is 2. The summed E-state index contributed by atoms with van der Waals surface area (Å²) < 4.78 is 11.5. The topological polar surface area (TPSA) is 30.5 Å². The molecular formula is C14H21NO2. The lowest BCUT2D eigenvalue weighted by Crippen LogP contribution is -2.25. The molecule has 17 heavy (non-hydrogen) atoms. The van der Waals surface area contributed by atoms with Crippen LogP contribution < -0.4 is 10.1 Å². The maximum absolute atomic E-state index is 5.90. The Bertz CT molecular complexity index is 346. The molecule has 2 rings (SSSR count). The number of benzene rings is 1. The molecule has 0 bridgehead atoms. The number of hydrogen-bond donors (Lipinski definition) is 1. The second kappa shape index (κ2) is 5.92. The van der Waals surface area contributed by atoms with E-state index in [0.29, 0.717) is 6.04 Å². The summed E-state index contributed by atoms with van der Waals surface area (Å²) in [5.41, 5.74) is 1.04. The highest BCUT2D eigenvalue weighted by Gasteiger charge is 2.16. The first kappa shape index (κ1) is 12.2. The number of ether oxygens (including phenoxy) is 2. The summed E-state index contributed by atoms with van der Waals surface area (Å²) in [5, 5.41) is 3.38. The zero-order chi connectivity index (χ0) is 12.1. The van der Waals surface area contributed by atoms with Gasteiger partial charge in [-0.1, -0.05) is 12.1 Å². The highest BCUT2D eigenvalue weighted by Crippen LogP contribution is 2.27. The predicted molar refractivity (Wildman–Crippen MR) is 69.4 cm³/mol. The van der Waals surface area contributed by atoms with Crippen molar-refractivity contribution < 1.29 is 9.47 Å². The van der Waals surface area contributed by atoms with Crippen LogP contribution in [0, 0.1) is 0 Å². The summed E-state index contributed by atoms with van der Waals surface area (Å²) in [6.45, 7) is 5.05. The molecule has 1 fully saturated rings. The van der Waals surface area contributed by atoms with Crippen molar-refractivity contribution in [2.45, 2.75) is 45.4 Å². The standard InChI is InChI=1S/C14H21NO2/c1-11(2)15-12-7-3-4-8-13(12)17-14-9-5-6-10-16-14/h3-4,7-8,11,14-15H,5-6,9-10H2,1-2H3. The van der Waals surface area contributed by atoms with E-state index in [1.165, 1.54) is 6.42 Å². The summed E-state index contributed by atoms with van der Waals surface area (Å²) in [5.74, 6) is 0.883. The molecule has 0 radical (unpaired) electrons. The van der Waals surface area contributed by atoms with E-state index in [4.69, 9.17) is 9.47 Å². The number of hydrogen-bond acceptors (Lipinski definition) is 3. The van der Waals surface area contributed by atoms with Crippen molar-refractivity contribution in [3.63, 3.8) is 0 Å². The molecule has 0 amide bonds. The normalized spacial score (nSPS) is 20.3. The Morgan fingerprint density at radius 3 is 2.82 bits per heavy atom. The fourth-order valence-corrected chi connectivity index (χ4v) is 1.95. The van der Waals surface area contributed by atoms with E-state index in [2.05, 4.69) is 19.2 Å². The maximum atomic E-state index is 5.90. The molecule has 1 aromatic rings. The Hall–Kier alpha value is -1.22. The molecule has 3 nitrogen and oxygen atoms in total.